The lowest BCUT2D eigenvalue weighted by Gasteiger charge is -2.34. The molecule has 1 aliphatic rings. The van der Waals surface area contributed by atoms with Gasteiger partial charge in [-0.3, -0.25) is 9.59 Å². The fourth-order valence-corrected chi connectivity index (χ4v) is 3.08. The van der Waals surface area contributed by atoms with Crippen LogP contribution >= 0.6 is 0 Å². The molecule has 1 saturated heterocycles. The minimum Gasteiger partial charge on any atom is -0.372 e. The number of benzene rings is 1. The number of ether oxygens (including phenoxy) is 2. The summed E-state index contributed by atoms with van der Waals surface area (Å²) in [6.45, 7) is 4.90. The number of piperidine rings is 1. The van der Waals surface area contributed by atoms with E-state index in [1.165, 1.54) is 7.11 Å². The van der Waals surface area contributed by atoms with Crippen LogP contribution in [0.15, 0.2) is 24.3 Å². The molecule has 0 bridgehead atoms. The molecule has 0 aliphatic carbocycles. The zero-order valence-corrected chi connectivity index (χ0v) is 15.5. The van der Waals surface area contributed by atoms with Crippen LogP contribution in [0.1, 0.15) is 38.2 Å². The van der Waals surface area contributed by atoms with Gasteiger partial charge >= 0.3 is 0 Å². The van der Waals surface area contributed by atoms with Gasteiger partial charge in [0, 0.05) is 33.0 Å². The van der Waals surface area contributed by atoms with Crippen molar-refractivity contribution in [3.8, 4) is 0 Å². The van der Waals surface area contributed by atoms with E-state index in [0.29, 0.717) is 19.0 Å². The van der Waals surface area contributed by atoms with E-state index >= 15 is 0 Å². The molecule has 0 radical (unpaired) electrons. The molecule has 1 fully saturated rings. The summed E-state index contributed by atoms with van der Waals surface area (Å²) in [6.07, 6.45) is 0.839. The molecule has 25 heavy (non-hydrogen) atoms. The summed E-state index contributed by atoms with van der Waals surface area (Å²) in [5, 5.41) is 2.96. The molecule has 2 amide bonds. The lowest BCUT2D eigenvalue weighted by Crippen LogP contribution is -2.43. The highest BCUT2D eigenvalue weighted by atomic mass is 16.5. The number of nitrogens with zero attached hydrogens (tertiary/aromatic N) is 1. The Hall–Kier alpha value is -1.92. The molecule has 2 atom stereocenters. The van der Waals surface area contributed by atoms with E-state index in [9.17, 15) is 9.59 Å². The van der Waals surface area contributed by atoms with Gasteiger partial charge in [-0.1, -0.05) is 18.2 Å². The van der Waals surface area contributed by atoms with E-state index in [1.54, 1.807) is 21.0 Å². The predicted octanol–water partition coefficient (Wildman–Crippen LogP) is 2.40. The molecule has 138 valence electrons. The van der Waals surface area contributed by atoms with Gasteiger partial charge in [0.1, 0.15) is 12.2 Å². The molecular weight excluding hydrogens is 320 g/mol. The quantitative estimate of drug-likeness (QED) is 0.857. The van der Waals surface area contributed by atoms with Crippen molar-refractivity contribution in [1.82, 2.24) is 4.90 Å². The van der Waals surface area contributed by atoms with Crippen molar-refractivity contribution in [3.63, 3.8) is 0 Å². The second-order valence-corrected chi connectivity index (χ2v) is 6.43. The number of hydrogen-bond donors (Lipinski definition) is 1. The first-order valence-electron chi connectivity index (χ1n) is 8.72. The number of methoxy groups -OCH3 is 2. The molecule has 0 saturated carbocycles. The molecule has 0 aromatic heterocycles. The normalized spacial score (nSPS) is 17.8. The van der Waals surface area contributed by atoms with E-state index in [4.69, 9.17) is 9.47 Å². The summed E-state index contributed by atoms with van der Waals surface area (Å²) in [5.41, 5.74) is 1.94. The van der Waals surface area contributed by atoms with Crippen LogP contribution in [0.2, 0.25) is 0 Å². The highest BCUT2D eigenvalue weighted by molar-refractivity contribution is 5.94. The molecular formula is C19H28N2O4. The third kappa shape index (κ3) is 4.80. The summed E-state index contributed by atoms with van der Waals surface area (Å²) in [5.74, 6) is 0.198. The van der Waals surface area contributed by atoms with Crippen molar-refractivity contribution in [3.05, 3.63) is 29.8 Å². The number of rotatable bonds is 6. The summed E-state index contributed by atoms with van der Waals surface area (Å²) in [7, 11) is 3.07. The Kier molecular flexibility index (Phi) is 6.96. The minimum absolute atomic E-state index is 0.0384. The van der Waals surface area contributed by atoms with Crippen LogP contribution in [-0.2, 0) is 19.1 Å². The first-order chi connectivity index (χ1) is 12.0. The average Bonchev–Trinajstić information content (AvgIpc) is 2.66. The van der Waals surface area contributed by atoms with Crippen molar-refractivity contribution in [1.29, 1.82) is 0 Å². The van der Waals surface area contributed by atoms with Crippen molar-refractivity contribution in [2.24, 2.45) is 0 Å². The number of carbonyl (C=O) groups excluding carboxylic acids is 2. The number of nitrogens with one attached hydrogen (secondary N) is 1. The third-order valence-electron chi connectivity index (χ3n) is 4.89. The molecule has 1 heterocycles. The maximum absolute atomic E-state index is 12.2. The van der Waals surface area contributed by atoms with Crippen molar-refractivity contribution in [2.45, 2.75) is 44.8 Å². The largest absolute Gasteiger partial charge is 0.372 e. The highest BCUT2D eigenvalue weighted by Gasteiger charge is 2.28. The maximum atomic E-state index is 12.2. The summed E-state index contributed by atoms with van der Waals surface area (Å²) >= 11 is 0. The summed E-state index contributed by atoms with van der Waals surface area (Å²) in [6, 6.07) is 7.86. The van der Waals surface area contributed by atoms with Gasteiger partial charge in [0.25, 0.3) is 11.8 Å². The molecule has 2 rings (SSSR count). The highest BCUT2D eigenvalue weighted by Crippen LogP contribution is 2.33. The Bertz CT molecular complexity index is 597. The fraction of sp³-hybridized carbons (Fsp3) is 0.579. The van der Waals surface area contributed by atoms with Crippen LogP contribution in [0.3, 0.4) is 0 Å². The van der Waals surface area contributed by atoms with E-state index in [1.807, 2.05) is 29.2 Å². The summed E-state index contributed by atoms with van der Waals surface area (Å²) < 4.78 is 10.2. The monoisotopic (exact) mass is 348 g/mol. The van der Waals surface area contributed by atoms with Gasteiger partial charge in [0.2, 0.25) is 0 Å². The molecule has 1 N–H and O–H groups in total. The van der Waals surface area contributed by atoms with Gasteiger partial charge in [-0.2, -0.15) is 0 Å². The lowest BCUT2D eigenvalue weighted by molar-refractivity contribution is -0.142. The molecule has 0 spiro atoms. The van der Waals surface area contributed by atoms with Crippen LogP contribution in [-0.4, -0.2) is 56.2 Å². The Morgan fingerprint density at radius 3 is 2.28 bits per heavy atom. The first-order valence-corrected chi connectivity index (χ1v) is 8.72. The van der Waals surface area contributed by atoms with E-state index in [-0.39, 0.29) is 11.8 Å². The van der Waals surface area contributed by atoms with Gasteiger partial charge in [-0.05, 0) is 44.2 Å². The van der Waals surface area contributed by atoms with Gasteiger partial charge < -0.3 is 19.7 Å². The van der Waals surface area contributed by atoms with Crippen molar-refractivity contribution in [2.75, 3.05) is 32.6 Å². The van der Waals surface area contributed by atoms with Gasteiger partial charge in [0.15, 0.2) is 0 Å². The Morgan fingerprint density at radius 1 is 1.08 bits per heavy atom. The molecule has 1 aromatic carbocycles. The first kappa shape index (κ1) is 19.4. The second-order valence-electron chi connectivity index (χ2n) is 6.43. The Labute approximate surface area is 149 Å². The molecule has 1 aromatic rings. The van der Waals surface area contributed by atoms with Crippen LogP contribution in [0.4, 0.5) is 5.69 Å². The zero-order valence-electron chi connectivity index (χ0n) is 15.5. The van der Waals surface area contributed by atoms with Gasteiger partial charge in [-0.15, -0.1) is 0 Å². The Morgan fingerprint density at radius 2 is 1.68 bits per heavy atom. The number of para-hydroxylation sites is 1. The smallest absolute Gasteiger partial charge is 0.253 e. The number of anilines is 1. The van der Waals surface area contributed by atoms with Crippen LogP contribution in [0.5, 0.6) is 0 Å². The van der Waals surface area contributed by atoms with Gasteiger partial charge in [0.05, 0.1) is 0 Å². The minimum atomic E-state index is -0.497. The van der Waals surface area contributed by atoms with Crippen molar-refractivity contribution < 1.29 is 19.1 Å². The van der Waals surface area contributed by atoms with E-state index in [0.717, 1.165) is 24.1 Å². The molecule has 6 nitrogen and oxygen atoms in total. The molecule has 0 unspecified atom stereocenters. The SMILES string of the molecule is CO[C@H](C)C(=O)Nc1ccccc1C1CCN(C(=O)[C@@H](C)OC)CC1. The topological polar surface area (TPSA) is 67.9 Å². The zero-order chi connectivity index (χ0) is 18.4. The molecule has 1 aliphatic heterocycles. The lowest BCUT2D eigenvalue weighted by atomic mass is 9.88. The van der Waals surface area contributed by atoms with Crippen LogP contribution in [0.25, 0.3) is 0 Å². The fourth-order valence-electron chi connectivity index (χ4n) is 3.08. The standard InChI is InChI=1S/C19H28N2O4/c1-13(24-3)18(22)20-17-8-6-5-7-16(17)15-9-11-21(12-10-15)19(23)14(2)25-4/h5-8,13-15H,9-12H2,1-4H3,(H,20,22)/t13-,14-/m1/s1. The summed E-state index contributed by atoms with van der Waals surface area (Å²) in [4.78, 5) is 26.2. The number of carbonyl (C=O) groups is 2. The molecule has 6 heteroatoms. The van der Waals surface area contributed by atoms with Crippen molar-refractivity contribution >= 4 is 17.5 Å². The number of amides is 2. The maximum Gasteiger partial charge on any atom is 0.253 e. The van der Waals surface area contributed by atoms with E-state index in [2.05, 4.69) is 5.32 Å². The van der Waals surface area contributed by atoms with Gasteiger partial charge in [-0.25, -0.2) is 0 Å². The van der Waals surface area contributed by atoms with E-state index < -0.39 is 12.2 Å². The Balaban J connectivity index is 2.04. The third-order valence-corrected chi connectivity index (χ3v) is 4.89. The second kappa shape index (κ2) is 8.97. The van der Waals surface area contributed by atoms with Crippen LogP contribution in [0, 0.1) is 0 Å². The van der Waals surface area contributed by atoms with Crippen LogP contribution < -0.4 is 5.32 Å². The average molecular weight is 348 g/mol. The predicted molar refractivity (Wildman–Crippen MR) is 96.6 cm³/mol. The number of hydrogen-bond acceptors (Lipinski definition) is 4. The number of likely N-dealkylation sites (tertiary alicyclic amines) is 1.